The van der Waals surface area contributed by atoms with E-state index in [4.69, 9.17) is 4.74 Å². The number of benzene rings is 2. The lowest BCUT2D eigenvalue weighted by molar-refractivity contribution is 0.0600. The molecule has 21 heavy (non-hydrogen) atoms. The Morgan fingerprint density at radius 3 is 2.43 bits per heavy atom. The summed E-state index contributed by atoms with van der Waals surface area (Å²) in [5.74, 6) is 0.687. The Hall–Kier alpha value is -2.14. The van der Waals surface area contributed by atoms with Crippen LogP contribution in [0.5, 0.6) is 5.75 Å². The summed E-state index contributed by atoms with van der Waals surface area (Å²) in [6, 6.07) is 14.1. The van der Waals surface area contributed by atoms with Gasteiger partial charge in [-0.2, -0.15) is 0 Å². The minimum absolute atomic E-state index is 0.379. The normalized spacial score (nSPS) is 11.7. The maximum absolute atomic E-state index is 12.3. The predicted molar refractivity (Wildman–Crippen MR) is 80.9 cm³/mol. The predicted octanol–water partition coefficient (Wildman–Crippen LogP) is 2.79. The Kier molecular flexibility index (Phi) is 5.11. The van der Waals surface area contributed by atoms with Crippen LogP contribution >= 0.6 is 0 Å². The SMILES string of the molecule is COC(=O)c1ccc(CS(=O)c2cccc(OC)c2)cc1. The number of hydrogen-bond acceptors (Lipinski definition) is 4. The third-order valence-electron chi connectivity index (χ3n) is 2.98. The number of rotatable bonds is 5. The maximum Gasteiger partial charge on any atom is 0.337 e. The zero-order valence-electron chi connectivity index (χ0n) is 11.9. The minimum atomic E-state index is -1.16. The summed E-state index contributed by atoms with van der Waals surface area (Å²) >= 11 is 0. The molecule has 0 aromatic heterocycles. The van der Waals surface area contributed by atoms with Crippen LogP contribution in [0, 0.1) is 0 Å². The van der Waals surface area contributed by atoms with E-state index in [-0.39, 0.29) is 5.97 Å². The molecular weight excluding hydrogens is 288 g/mol. The van der Waals surface area contributed by atoms with Crippen molar-refractivity contribution in [1.82, 2.24) is 0 Å². The molecule has 1 unspecified atom stereocenters. The maximum atomic E-state index is 12.3. The number of ether oxygens (including phenoxy) is 2. The van der Waals surface area contributed by atoms with Crippen molar-refractivity contribution in [2.75, 3.05) is 14.2 Å². The summed E-state index contributed by atoms with van der Waals surface area (Å²) in [7, 11) is 1.76. The Bertz CT molecular complexity index is 650. The highest BCUT2D eigenvalue weighted by molar-refractivity contribution is 7.84. The Labute approximate surface area is 126 Å². The van der Waals surface area contributed by atoms with Gasteiger partial charge in [0.1, 0.15) is 5.75 Å². The summed E-state index contributed by atoms with van der Waals surface area (Å²) in [4.78, 5) is 12.1. The van der Waals surface area contributed by atoms with E-state index in [0.29, 0.717) is 22.0 Å². The Morgan fingerprint density at radius 1 is 1.10 bits per heavy atom. The molecule has 0 spiro atoms. The molecule has 0 N–H and O–H groups in total. The van der Waals surface area contributed by atoms with Crippen molar-refractivity contribution >= 4 is 16.8 Å². The van der Waals surface area contributed by atoms with Crippen molar-refractivity contribution in [1.29, 1.82) is 0 Å². The van der Waals surface area contributed by atoms with E-state index in [1.807, 2.05) is 12.1 Å². The second kappa shape index (κ2) is 7.04. The summed E-state index contributed by atoms with van der Waals surface area (Å²) in [6.07, 6.45) is 0. The monoisotopic (exact) mass is 304 g/mol. The fraction of sp³-hybridized carbons (Fsp3) is 0.188. The summed E-state index contributed by atoms with van der Waals surface area (Å²) < 4.78 is 22.1. The molecule has 1 atom stereocenters. The molecule has 0 aliphatic rings. The number of carbonyl (C=O) groups is 1. The Morgan fingerprint density at radius 2 is 1.81 bits per heavy atom. The molecular formula is C16H16O4S. The first-order valence-electron chi connectivity index (χ1n) is 6.33. The number of esters is 1. The molecule has 0 saturated heterocycles. The molecule has 2 aromatic carbocycles. The highest BCUT2D eigenvalue weighted by Crippen LogP contribution is 2.18. The van der Waals surface area contributed by atoms with E-state index >= 15 is 0 Å². The third kappa shape index (κ3) is 3.92. The largest absolute Gasteiger partial charge is 0.497 e. The Balaban J connectivity index is 2.10. The highest BCUT2D eigenvalue weighted by Gasteiger charge is 2.08. The second-order valence-electron chi connectivity index (χ2n) is 4.36. The lowest BCUT2D eigenvalue weighted by atomic mass is 10.1. The second-order valence-corrected chi connectivity index (χ2v) is 5.81. The van der Waals surface area contributed by atoms with Crippen molar-refractivity contribution in [2.45, 2.75) is 10.6 Å². The molecule has 0 aliphatic heterocycles. The first-order chi connectivity index (χ1) is 10.1. The summed E-state index contributed by atoms with van der Waals surface area (Å²) in [6.45, 7) is 0. The molecule has 0 bridgehead atoms. The van der Waals surface area contributed by atoms with Crippen LogP contribution in [-0.2, 0) is 21.3 Å². The number of methoxy groups -OCH3 is 2. The lowest BCUT2D eigenvalue weighted by Crippen LogP contribution is -2.02. The number of carbonyl (C=O) groups excluding carboxylic acids is 1. The van der Waals surface area contributed by atoms with Crippen molar-refractivity contribution in [2.24, 2.45) is 0 Å². The third-order valence-corrected chi connectivity index (χ3v) is 4.35. The molecule has 0 amide bonds. The van der Waals surface area contributed by atoms with E-state index < -0.39 is 10.8 Å². The van der Waals surface area contributed by atoms with Crippen LogP contribution in [0.2, 0.25) is 0 Å². The van der Waals surface area contributed by atoms with Crippen LogP contribution in [0.15, 0.2) is 53.4 Å². The van der Waals surface area contributed by atoms with Gasteiger partial charge in [0.2, 0.25) is 0 Å². The van der Waals surface area contributed by atoms with Crippen LogP contribution in [0.3, 0.4) is 0 Å². The molecule has 0 heterocycles. The van der Waals surface area contributed by atoms with E-state index in [9.17, 15) is 9.00 Å². The van der Waals surface area contributed by atoms with Gasteiger partial charge < -0.3 is 9.47 Å². The quantitative estimate of drug-likeness (QED) is 0.797. The van der Waals surface area contributed by atoms with Crippen LogP contribution in [-0.4, -0.2) is 24.4 Å². The zero-order chi connectivity index (χ0) is 15.2. The van der Waals surface area contributed by atoms with E-state index in [0.717, 1.165) is 5.56 Å². The molecule has 2 rings (SSSR count). The molecule has 0 aliphatic carbocycles. The molecule has 0 radical (unpaired) electrons. The van der Waals surface area contributed by atoms with Crippen LogP contribution in [0.4, 0.5) is 0 Å². The minimum Gasteiger partial charge on any atom is -0.497 e. The van der Waals surface area contributed by atoms with Crippen LogP contribution < -0.4 is 4.74 Å². The van der Waals surface area contributed by atoms with Gasteiger partial charge in [0.25, 0.3) is 0 Å². The average Bonchev–Trinajstić information content (AvgIpc) is 2.54. The van der Waals surface area contributed by atoms with Gasteiger partial charge in [0.05, 0.1) is 36.3 Å². The van der Waals surface area contributed by atoms with Gasteiger partial charge >= 0.3 is 5.97 Å². The van der Waals surface area contributed by atoms with E-state index in [2.05, 4.69) is 4.74 Å². The molecule has 0 fully saturated rings. The first kappa shape index (κ1) is 15.3. The van der Waals surface area contributed by atoms with Gasteiger partial charge in [0.15, 0.2) is 0 Å². The fourth-order valence-electron chi connectivity index (χ4n) is 1.83. The van der Waals surface area contributed by atoms with Crippen molar-refractivity contribution < 1.29 is 18.5 Å². The summed E-state index contributed by atoms with van der Waals surface area (Å²) in [5.41, 5.74) is 1.37. The average molecular weight is 304 g/mol. The van der Waals surface area contributed by atoms with Gasteiger partial charge in [-0.3, -0.25) is 4.21 Å². The van der Waals surface area contributed by atoms with Gasteiger partial charge in [-0.15, -0.1) is 0 Å². The first-order valence-corrected chi connectivity index (χ1v) is 7.65. The van der Waals surface area contributed by atoms with Crippen molar-refractivity contribution in [3.05, 3.63) is 59.7 Å². The fourth-order valence-corrected chi connectivity index (χ4v) is 2.97. The van der Waals surface area contributed by atoms with Gasteiger partial charge in [-0.25, -0.2) is 4.79 Å². The molecule has 5 heteroatoms. The summed E-state index contributed by atoms with van der Waals surface area (Å²) in [5, 5.41) is 0. The molecule has 4 nitrogen and oxygen atoms in total. The standard InChI is InChI=1S/C16H16O4S/c1-19-14-4-3-5-15(10-14)21(18)11-12-6-8-13(9-7-12)16(17)20-2/h3-10H,11H2,1-2H3. The van der Waals surface area contributed by atoms with Crippen LogP contribution in [0.1, 0.15) is 15.9 Å². The van der Waals surface area contributed by atoms with Crippen LogP contribution in [0.25, 0.3) is 0 Å². The van der Waals surface area contributed by atoms with E-state index in [1.54, 1.807) is 43.5 Å². The van der Waals surface area contributed by atoms with Gasteiger partial charge in [0, 0.05) is 4.90 Å². The van der Waals surface area contributed by atoms with Crippen molar-refractivity contribution in [3.8, 4) is 5.75 Å². The van der Waals surface area contributed by atoms with E-state index in [1.165, 1.54) is 7.11 Å². The van der Waals surface area contributed by atoms with Gasteiger partial charge in [-0.05, 0) is 35.9 Å². The molecule has 2 aromatic rings. The zero-order valence-corrected chi connectivity index (χ0v) is 12.7. The molecule has 110 valence electrons. The highest BCUT2D eigenvalue weighted by atomic mass is 32.2. The topological polar surface area (TPSA) is 52.6 Å². The van der Waals surface area contributed by atoms with Gasteiger partial charge in [-0.1, -0.05) is 18.2 Å². The number of hydrogen-bond donors (Lipinski definition) is 0. The molecule has 0 saturated carbocycles. The van der Waals surface area contributed by atoms with Crippen molar-refractivity contribution in [3.63, 3.8) is 0 Å². The smallest absolute Gasteiger partial charge is 0.337 e. The lowest BCUT2D eigenvalue weighted by Gasteiger charge is -2.06.